The van der Waals surface area contributed by atoms with E-state index in [9.17, 15) is 9.59 Å². The van der Waals surface area contributed by atoms with Crippen molar-refractivity contribution >= 4 is 12.1 Å². The Hall–Kier alpha value is -3.80. The van der Waals surface area contributed by atoms with Crippen molar-refractivity contribution < 1.29 is 24.2 Å². The normalized spacial score (nSPS) is 15.2. The minimum absolute atomic E-state index is 0.0186. The van der Waals surface area contributed by atoms with Crippen LogP contribution in [-0.4, -0.2) is 30.3 Å². The molecule has 0 fully saturated rings. The number of hydrogen-bond acceptors (Lipinski definition) is 4. The monoisotopic (exact) mass is 529 g/mol. The van der Waals surface area contributed by atoms with Crippen LogP contribution in [0.25, 0.3) is 22.3 Å². The fourth-order valence-electron chi connectivity index (χ4n) is 5.31. The molecule has 0 atom stereocenters. The lowest BCUT2D eigenvalue weighted by Gasteiger charge is -2.42. The summed E-state index contributed by atoms with van der Waals surface area (Å²) in [6, 6.07) is 20.0. The van der Waals surface area contributed by atoms with Crippen LogP contribution in [0.1, 0.15) is 71.4 Å². The van der Waals surface area contributed by atoms with Crippen molar-refractivity contribution in [1.29, 1.82) is 0 Å². The smallest absolute Gasteiger partial charge is 0.493 e. The van der Waals surface area contributed by atoms with Crippen LogP contribution in [0, 0.1) is 0 Å². The summed E-state index contributed by atoms with van der Waals surface area (Å²) in [6.45, 7) is 12.0. The highest BCUT2D eigenvalue weighted by atomic mass is 16.7. The van der Waals surface area contributed by atoms with Crippen LogP contribution in [0.15, 0.2) is 60.7 Å². The summed E-state index contributed by atoms with van der Waals surface area (Å²) in [5.74, 6) is 1.08. The summed E-state index contributed by atoms with van der Waals surface area (Å²) >= 11 is 0. The molecule has 0 saturated carbocycles. The second-order valence-electron chi connectivity index (χ2n) is 11.7. The zero-order chi connectivity index (χ0) is 28.2. The van der Waals surface area contributed by atoms with Crippen molar-refractivity contribution in [2.24, 2.45) is 0 Å². The Morgan fingerprint density at radius 3 is 2.13 bits per heavy atom. The Labute approximate surface area is 231 Å². The third-order valence-electron chi connectivity index (χ3n) is 7.74. The van der Waals surface area contributed by atoms with Gasteiger partial charge in [-0.3, -0.25) is 4.79 Å². The maximum absolute atomic E-state index is 11.1. The van der Waals surface area contributed by atoms with E-state index in [1.54, 1.807) is 12.1 Å². The van der Waals surface area contributed by atoms with Crippen LogP contribution < -0.4 is 14.8 Å². The van der Waals surface area contributed by atoms with Crippen LogP contribution in [0.4, 0.5) is 4.79 Å². The number of benzene rings is 3. The van der Waals surface area contributed by atoms with E-state index >= 15 is 0 Å². The summed E-state index contributed by atoms with van der Waals surface area (Å²) in [6.07, 6.45) is 2.65. The van der Waals surface area contributed by atoms with E-state index in [1.807, 2.05) is 24.3 Å². The first-order chi connectivity index (χ1) is 18.5. The molecule has 6 nitrogen and oxygen atoms in total. The van der Waals surface area contributed by atoms with Crippen molar-refractivity contribution in [2.45, 2.75) is 71.1 Å². The predicted molar refractivity (Wildman–Crippen MR) is 155 cm³/mol. The third kappa shape index (κ3) is 6.80. The Morgan fingerprint density at radius 1 is 0.821 bits per heavy atom. The Morgan fingerprint density at radius 2 is 1.46 bits per heavy atom. The highest BCUT2D eigenvalue weighted by Crippen LogP contribution is 2.47. The van der Waals surface area contributed by atoms with E-state index in [4.69, 9.17) is 14.6 Å². The highest BCUT2D eigenvalue weighted by molar-refractivity contribution is 5.79. The number of unbranched alkanes of at least 4 members (excludes halogenated alkanes) is 1. The van der Waals surface area contributed by atoms with Gasteiger partial charge in [-0.25, -0.2) is 4.79 Å². The molecule has 0 aliphatic heterocycles. The number of fused-ring (bicyclic) bond motifs is 1. The van der Waals surface area contributed by atoms with Gasteiger partial charge in [0, 0.05) is 19.0 Å². The van der Waals surface area contributed by atoms with Crippen molar-refractivity contribution in [2.75, 3.05) is 13.2 Å². The number of hydrogen-bond donors (Lipinski definition) is 2. The summed E-state index contributed by atoms with van der Waals surface area (Å²) in [7, 11) is 0. The predicted octanol–water partition coefficient (Wildman–Crippen LogP) is 7.72. The van der Waals surface area contributed by atoms with E-state index in [0.717, 1.165) is 53.7 Å². The van der Waals surface area contributed by atoms with Crippen LogP contribution in [0.3, 0.4) is 0 Å². The SMILES string of the molecule is CC(=O)NCCCCOc1ccc(-c2ccc(OC(=O)O)cc2)cc1-c1ccc2c(c1)C(C)(C)CCC2(C)C. The van der Waals surface area contributed by atoms with E-state index in [0.29, 0.717) is 13.2 Å². The summed E-state index contributed by atoms with van der Waals surface area (Å²) in [4.78, 5) is 22.0. The highest BCUT2D eigenvalue weighted by Gasteiger charge is 2.37. The molecule has 4 rings (SSSR count). The molecule has 39 heavy (non-hydrogen) atoms. The van der Waals surface area contributed by atoms with E-state index < -0.39 is 6.16 Å². The van der Waals surface area contributed by atoms with E-state index in [-0.39, 0.29) is 22.5 Å². The first-order valence-corrected chi connectivity index (χ1v) is 13.6. The molecule has 0 aromatic heterocycles. The van der Waals surface area contributed by atoms with Gasteiger partial charge in [-0.1, -0.05) is 64.1 Å². The standard InChI is InChI=1S/C33H39NO5/c1-22(35)34-18-6-7-19-38-30-15-11-24(23-8-12-26(13-9-23)39-31(36)37)20-27(30)25-10-14-28-29(21-25)33(4,5)17-16-32(28,2)3/h8-15,20-21H,6-7,16-19H2,1-5H3,(H,34,35)(H,36,37). The van der Waals surface area contributed by atoms with Crippen molar-refractivity contribution in [3.05, 3.63) is 71.8 Å². The quantitative estimate of drug-likeness (QED) is 0.168. The van der Waals surface area contributed by atoms with Gasteiger partial charge >= 0.3 is 6.16 Å². The molecular formula is C33H39NO5. The Bertz CT molecular complexity index is 1340. The number of carbonyl (C=O) groups excluding carboxylic acids is 1. The Kier molecular flexibility index (Phi) is 8.34. The van der Waals surface area contributed by atoms with Crippen molar-refractivity contribution in [3.8, 4) is 33.8 Å². The number of rotatable bonds is 9. The minimum atomic E-state index is -1.33. The molecule has 0 heterocycles. The first kappa shape index (κ1) is 28.2. The average Bonchev–Trinajstić information content (AvgIpc) is 2.89. The fourth-order valence-corrected chi connectivity index (χ4v) is 5.31. The summed E-state index contributed by atoms with van der Waals surface area (Å²) in [5, 5.41) is 11.7. The number of ether oxygens (including phenoxy) is 2. The molecule has 0 radical (unpaired) electrons. The topological polar surface area (TPSA) is 84.9 Å². The second-order valence-corrected chi connectivity index (χ2v) is 11.7. The molecular weight excluding hydrogens is 490 g/mol. The Balaban J connectivity index is 1.68. The third-order valence-corrected chi connectivity index (χ3v) is 7.74. The second kappa shape index (κ2) is 11.5. The number of nitrogens with one attached hydrogen (secondary N) is 1. The average molecular weight is 530 g/mol. The number of carboxylic acid groups (broad SMARTS) is 1. The molecule has 0 saturated heterocycles. The van der Waals surface area contributed by atoms with Gasteiger partial charge in [-0.15, -0.1) is 0 Å². The molecule has 2 N–H and O–H groups in total. The van der Waals surface area contributed by atoms with Crippen molar-refractivity contribution in [3.63, 3.8) is 0 Å². The molecule has 6 heteroatoms. The number of amides is 1. The largest absolute Gasteiger partial charge is 0.511 e. The molecule has 3 aromatic rings. The molecule has 0 spiro atoms. The van der Waals surface area contributed by atoms with Crippen LogP contribution in [-0.2, 0) is 15.6 Å². The van der Waals surface area contributed by atoms with Crippen LogP contribution in [0.2, 0.25) is 0 Å². The van der Waals surface area contributed by atoms with Gasteiger partial charge in [-0.2, -0.15) is 0 Å². The fraction of sp³-hybridized carbons (Fsp3) is 0.394. The van der Waals surface area contributed by atoms with Gasteiger partial charge in [0.05, 0.1) is 6.61 Å². The maximum atomic E-state index is 11.1. The van der Waals surface area contributed by atoms with E-state index in [2.05, 4.69) is 57.3 Å². The zero-order valence-electron chi connectivity index (χ0n) is 23.6. The van der Waals surface area contributed by atoms with Crippen LogP contribution in [0.5, 0.6) is 11.5 Å². The van der Waals surface area contributed by atoms with Gasteiger partial charge in [0.15, 0.2) is 0 Å². The molecule has 1 aliphatic rings. The summed E-state index contributed by atoms with van der Waals surface area (Å²) in [5.41, 5.74) is 7.10. The van der Waals surface area contributed by atoms with Gasteiger partial charge in [0.2, 0.25) is 5.91 Å². The molecule has 1 aliphatic carbocycles. The zero-order valence-corrected chi connectivity index (χ0v) is 23.6. The van der Waals surface area contributed by atoms with Gasteiger partial charge < -0.3 is 19.9 Å². The molecule has 0 bridgehead atoms. The van der Waals surface area contributed by atoms with Crippen molar-refractivity contribution in [1.82, 2.24) is 5.32 Å². The lowest BCUT2D eigenvalue weighted by Crippen LogP contribution is -2.33. The minimum Gasteiger partial charge on any atom is -0.493 e. The molecule has 1 amide bonds. The molecule has 3 aromatic carbocycles. The van der Waals surface area contributed by atoms with Gasteiger partial charge in [0.1, 0.15) is 11.5 Å². The lowest BCUT2D eigenvalue weighted by molar-refractivity contribution is -0.118. The molecule has 0 unspecified atom stereocenters. The first-order valence-electron chi connectivity index (χ1n) is 13.6. The van der Waals surface area contributed by atoms with E-state index in [1.165, 1.54) is 18.1 Å². The molecule has 206 valence electrons. The maximum Gasteiger partial charge on any atom is 0.511 e. The van der Waals surface area contributed by atoms with Gasteiger partial charge in [-0.05, 0) is 88.6 Å². The van der Waals surface area contributed by atoms with Crippen LogP contribution >= 0.6 is 0 Å². The van der Waals surface area contributed by atoms with Gasteiger partial charge in [0.25, 0.3) is 0 Å². The number of carbonyl (C=O) groups is 2. The lowest BCUT2D eigenvalue weighted by atomic mass is 9.63. The summed E-state index contributed by atoms with van der Waals surface area (Å²) < 4.78 is 11.1.